The second kappa shape index (κ2) is 7.51. The van der Waals surface area contributed by atoms with Gasteiger partial charge in [0.05, 0.1) is 10.7 Å². The number of pyridine rings is 1. The second-order valence-electron chi connectivity index (χ2n) is 5.14. The van der Waals surface area contributed by atoms with Gasteiger partial charge in [0.25, 0.3) is 5.91 Å². The van der Waals surface area contributed by atoms with Crippen LogP contribution in [0.3, 0.4) is 0 Å². The van der Waals surface area contributed by atoms with Gasteiger partial charge in [-0.05, 0) is 54.6 Å². The quantitative estimate of drug-likeness (QED) is 0.630. The molecule has 0 spiro atoms. The minimum Gasteiger partial charge on any atom is -0.355 e. The van der Waals surface area contributed by atoms with Gasteiger partial charge in [0.15, 0.2) is 0 Å². The fourth-order valence-corrected chi connectivity index (χ4v) is 2.45. The van der Waals surface area contributed by atoms with E-state index in [0.717, 1.165) is 0 Å². The van der Waals surface area contributed by atoms with Crippen molar-refractivity contribution in [3.05, 3.63) is 82.4 Å². The second-order valence-corrected chi connectivity index (χ2v) is 5.98. The van der Waals surface area contributed by atoms with E-state index in [2.05, 4.69) is 15.6 Å². The van der Waals surface area contributed by atoms with Crippen LogP contribution in [0.15, 0.2) is 60.8 Å². The summed E-state index contributed by atoms with van der Waals surface area (Å²) in [5.41, 5.74) is 1.93. The number of rotatable bonds is 4. The van der Waals surface area contributed by atoms with Gasteiger partial charge >= 0.3 is 0 Å². The molecule has 0 saturated carbocycles. The molecular weight excluding hydrogens is 364 g/mol. The number of nitrogens with zero attached hydrogens (tertiary/aromatic N) is 1. The predicted molar refractivity (Wildman–Crippen MR) is 98.3 cm³/mol. The predicted octanol–water partition coefficient (Wildman–Crippen LogP) is 5.52. The molecule has 2 aromatic carbocycles. The van der Waals surface area contributed by atoms with Crippen molar-refractivity contribution >= 4 is 46.2 Å². The van der Waals surface area contributed by atoms with Crippen molar-refractivity contribution < 1.29 is 9.18 Å². The molecule has 0 aliphatic heterocycles. The highest BCUT2D eigenvalue weighted by molar-refractivity contribution is 6.35. The lowest BCUT2D eigenvalue weighted by atomic mass is 10.2. The van der Waals surface area contributed by atoms with E-state index in [0.29, 0.717) is 27.1 Å². The summed E-state index contributed by atoms with van der Waals surface area (Å²) in [5, 5.41) is 6.58. The number of anilines is 3. The average Bonchev–Trinajstić information content (AvgIpc) is 2.60. The van der Waals surface area contributed by atoms with E-state index >= 15 is 0 Å². The van der Waals surface area contributed by atoms with Gasteiger partial charge in [-0.1, -0.05) is 23.2 Å². The smallest absolute Gasteiger partial charge is 0.274 e. The summed E-state index contributed by atoms with van der Waals surface area (Å²) in [4.78, 5) is 16.4. The van der Waals surface area contributed by atoms with Crippen LogP contribution >= 0.6 is 23.2 Å². The van der Waals surface area contributed by atoms with Crippen molar-refractivity contribution in [1.29, 1.82) is 0 Å². The summed E-state index contributed by atoms with van der Waals surface area (Å²) in [6.45, 7) is 0. The van der Waals surface area contributed by atoms with E-state index in [1.54, 1.807) is 42.5 Å². The van der Waals surface area contributed by atoms with E-state index in [1.165, 1.54) is 18.3 Å². The first-order valence-corrected chi connectivity index (χ1v) is 8.02. The normalized spacial score (nSPS) is 10.4. The van der Waals surface area contributed by atoms with Gasteiger partial charge in [-0.15, -0.1) is 0 Å². The number of amides is 1. The molecule has 3 aromatic rings. The van der Waals surface area contributed by atoms with Crippen LogP contribution in [0.5, 0.6) is 0 Å². The molecule has 0 fully saturated rings. The van der Waals surface area contributed by atoms with E-state index in [4.69, 9.17) is 23.2 Å². The van der Waals surface area contributed by atoms with Crippen molar-refractivity contribution in [1.82, 2.24) is 4.98 Å². The average molecular weight is 376 g/mol. The Kier molecular flexibility index (Phi) is 5.16. The summed E-state index contributed by atoms with van der Waals surface area (Å²) >= 11 is 12.0. The van der Waals surface area contributed by atoms with Crippen LogP contribution in [0.1, 0.15) is 10.5 Å². The summed E-state index contributed by atoms with van der Waals surface area (Å²) in [5.74, 6) is -0.745. The molecular formula is C18H12Cl2FN3O. The monoisotopic (exact) mass is 375 g/mol. The van der Waals surface area contributed by atoms with E-state index < -0.39 is 5.91 Å². The number of carbonyl (C=O) groups is 1. The highest BCUT2D eigenvalue weighted by atomic mass is 35.5. The van der Waals surface area contributed by atoms with Crippen LogP contribution in [-0.4, -0.2) is 10.9 Å². The molecule has 7 heteroatoms. The third kappa shape index (κ3) is 4.47. The van der Waals surface area contributed by atoms with Crippen LogP contribution < -0.4 is 10.6 Å². The number of hydrogen-bond acceptors (Lipinski definition) is 3. The standard InChI is InChI=1S/C18H12Cl2FN3O/c19-11-1-6-15(20)16(9-11)24-18(25)17-10-14(7-8-22-17)23-13-4-2-12(21)3-5-13/h1-10H,(H,22,23)(H,24,25). The van der Waals surface area contributed by atoms with Crippen molar-refractivity contribution in [2.45, 2.75) is 0 Å². The molecule has 0 bridgehead atoms. The summed E-state index contributed by atoms with van der Waals surface area (Å²) in [6.07, 6.45) is 1.50. The topological polar surface area (TPSA) is 54.0 Å². The Bertz CT molecular complexity index is 916. The minimum atomic E-state index is -0.424. The van der Waals surface area contributed by atoms with Crippen LogP contribution in [0.2, 0.25) is 10.0 Å². The third-order valence-corrected chi connectivity index (χ3v) is 3.87. The van der Waals surface area contributed by atoms with Crippen LogP contribution in [0, 0.1) is 5.82 Å². The molecule has 4 nitrogen and oxygen atoms in total. The fraction of sp³-hybridized carbons (Fsp3) is 0. The van der Waals surface area contributed by atoms with Gasteiger partial charge in [-0.2, -0.15) is 0 Å². The maximum absolute atomic E-state index is 13.0. The Morgan fingerprint density at radius 1 is 0.960 bits per heavy atom. The summed E-state index contributed by atoms with van der Waals surface area (Å²) < 4.78 is 13.0. The zero-order chi connectivity index (χ0) is 17.8. The third-order valence-electron chi connectivity index (χ3n) is 3.30. The summed E-state index contributed by atoms with van der Waals surface area (Å²) in [6, 6.07) is 14.0. The van der Waals surface area contributed by atoms with E-state index in [1.807, 2.05) is 0 Å². The Morgan fingerprint density at radius 2 is 1.72 bits per heavy atom. The molecule has 0 saturated heterocycles. The number of nitrogens with one attached hydrogen (secondary N) is 2. The molecule has 126 valence electrons. The van der Waals surface area contributed by atoms with Gasteiger partial charge < -0.3 is 10.6 Å². The first kappa shape index (κ1) is 17.2. The van der Waals surface area contributed by atoms with Gasteiger partial charge in [-0.25, -0.2) is 4.39 Å². The molecule has 0 aliphatic carbocycles. The Morgan fingerprint density at radius 3 is 2.48 bits per heavy atom. The van der Waals surface area contributed by atoms with Crippen LogP contribution in [-0.2, 0) is 0 Å². The first-order chi connectivity index (χ1) is 12.0. The first-order valence-electron chi connectivity index (χ1n) is 7.26. The van der Waals surface area contributed by atoms with Gasteiger partial charge in [0.2, 0.25) is 0 Å². The molecule has 0 atom stereocenters. The summed E-state index contributed by atoms with van der Waals surface area (Å²) in [7, 11) is 0. The lowest BCUT2D eigenvalue weighted by Gasteiger charge is -2.09. The lowest BCUT2D eigenvalue weighted by Crippen LogP contribution is -2.14. The van der Waals surface area contributed by atoms with Crippen LogP contribution in [0.25, 0.3) is 0 Å². The molecule has 2 N–H and O–H groups in total. The molecule has 1 aromatic heterocycles. The van der Waals surface area contributed by atoms with E-state index in [9.17, 15) is 9.18 Å². The number of hydrogen-bond donors (Lipinski definition) is 2. The maximum atomic E-state index is 13.0. The van der Waals surface area contributed by atoms with Crippen molar-refractivity contribution in [2.75, 3.05) is 10.6 Å². The Hall–Kier alpha value is -2.63. The lowest BCUT2D eigenvalue weighted by molar-refractivity contribution is 0.102. The molecule has 1 heterocycles. The van der Waals surface area contributed by atoms with Crippen molar-refractivity contribution in [3.63, 3.8) is 0 Å². The molecule has 0 unspecified atom stereocenters. The zero-order valence-corrected chi connectivity index (χ0v) is 14.3. The highest BCUT2D eigenvalue weighted by Crippen LogP contribution is 2.26. The van der Waals surface area contributed by atoms with Crippen molar-refractivity contribution in [3.8, 4) is 0 Å². The fourth-order valence-electron chi connectivity index (χ4n) is 2.11. The Labute approximate surface area is 153 Å². The van der Waals surface area contributed by atoms with Gasteiger partial charge in [-0.3, -0.25) is 9.78 Å². The largest absolute Gasteiger partial charge is 0.355 e. The van der Waals surface area contributed by atoms with Gasteiger partial charge in [0, 0.05) is 22.6 Å². The molecule has 0 aliphatic rings. The molecule has 0 radical (unpaired) electrons. The SMILES string of the molecule is O=C(Nc1cc(Cl)ccc1Cl)c1cc(Nc2ccc(F)cc2)ccn1. The molecule has 3 rings (SSSR count). The molecule has 1 amide bonds. The minimum absolute atomic E-state index is 0.197. The van der Waals surface area contributed by atoms with E-state index in [-0.39, 0.29) is 11.5 Å². The van der Waals surface area contributed by atoms with Crippen LogP contribution in [0.4, 0.5) is 21.5 Å². The Balaban J connectivity index is 1.77. The number of benzene rings is 2. The van der Waals surface area contributed by atoms with Crippen molar-refractivity contribution in [2.24, 2.45) is 0 Å². The highest BCUT2D eigenvalue weighted by Gasteiger charge is 2.11. The maximum Gasteiger partial charge on any atom is 0.274 e. The number of carbonyl (C=O) groups excluding carboxylic acids is 1. The zero-order valence-electron chi connectivity index (χ0n) is 12.8. The number of aromatic nitrogens is 1. The molecule has 25 heavy (non-hydrogen) atoms. The van der Waals surface area contributed by atoms with Gasteiger partial charge in [0.1, 0.15) is 11.5 Å². The number of halogens is 3.